The molecule has 0 saturated carbocycles. The molecule has 344 valence electrons. The quantitative estimate of drug-likeness (QED) is 0.0200. The number of hydrogen-bond acceptors (Lipinski definition) is 6. The van der Waals surface area contributed by atoms with Crippen molar-refractivity contribution in [1.29, 1.82) is 0 Å². The fourth-order valence-electron chi connectivity index (χ4n) is 7.25. The molecule has 0 aromatic rings. The molecule has 0 rings (SSSR count). The van der Waals surface area contributed by atoms with Crippen molar-refractivity contribution in [3.63, 3.8) is 0 Å². The van der Waals surface area contributed by atoms with Gasteiger partial charge in [-0.25, -0.2) is 0 Å². The van der Waals surface area contributed by atoms with Crippen LogP contribution >= 0.6 is 0 Å². The number of hydrogen-bond donors (Lipinski definition) is 0. The molecule has 0 bridgehead atoms. The van der Waals surface area contributed by atoms with E-state index in [1.165, 1.54) is 154 Å². The Morgan fingerprint density at radius 2 is 0.610 bits per heavy atom. The minimum atomic E-state index is -0.777. The van der Waals surface area contributed by atoms with Crippen LogP contribution in [0.3, 0.4) is 0 Å². The lowest BCUT2D eigenvalue weighted by Gasteiger charge is -2.18. The van der Waals surface area contributed by atoms with Crippen LogP contribution in [0.5, 0.6) is 0 Å². The number of carbonyl (C=O) groups excluding carboxylic acids is 3. The first-order valence-corrected chi connectivity index (χ1v) is 25.5. The van der Waals surface area contributed by atoms with Crippen molar-refractivity contribution in [3.05, 3.63) is 36.5 Å². The number of allylic oxidation sites excluding steroid dienone is 6. The number of unbranched alkanes of at least 4 members (excludes halogenated alkanes) is 30. The van der Waals surface area contributed by atoms with Crippen LogP contribution in [-0.2, 0) is 28.6 Å². The molecule has 0 saturated heterocycles. The van der Waals surface area contributed by atoms with Crippen LogP contribution in [-0.4, -0.2) is 37.2 Å². The van der Waals surface area contributed by atoms with Crippen molar-refractivity contribution in [3.8, 4) is 0 Å². The molecule has 0 radical (unpaired) electrons. The van der Waals surface area contributed by atoms with Gasteiger partial charge in [-0.3, -0.25) is 14.4 Å². The van der Waals surface area contributed by atoms with E-state index in [0.29, 0.717) is 19.3 Å². The number of esters is 3. The summed E-state index contributed by atoms with van der Waals surface area (Å²) in [7, 11) is 0. The maximum absolute atomic E-state index is 12.8. The molecule has 0 spiro atoms. The summed E-state index contributed by atoms with van der Waals surface area (Å²) in [6.45, 7) is 6.59. The second-order valence-electron chi connectivity index (χ2n) is 17.1. The van der Waals surface area contributed by atoms with Gasteiger partial charge in [0.05, 0.1) is 0 Å². The third-order valence-corrected chi connectivity index (χ3v) is 11.1. The fourth-order valence-corrected chi connectivity index (χ4v) is 7.25. The van der Waals surface area contributed by atoms with Gasteiger partial charge in [0.2, 0.25) is 0 Å². The fraction of sp³-hybridized carbons (Fsp3) is 0.830. The molecule has 59 heavy (non-hydrogen) atoms. The van der Waals surface area contributed by atoms with E-state index in [1.807, 2.05) is 0 Å². The zero-order valence-electron chi connectivity index (χ0n) is 39.3. The van der Waals surface area contributed by atoms with Gasteiger partial charge in [0.15, 0.2) is 6.10 Å². The van der Waals surface area contributed by atoms with Crippen LogP contribution < -0.4 is 0 Å². The van der Waals surface area contributed by atoms with E-state index in [9.17, 15) is 14.4 Å². The summed E-state index contributed by atoms with van der Waals surface area (Å²) in [4.78, 5) is 37.9. The van der Waals surface area contributed by atoms with Gasteiger partial charge in [0.1, 0.15) is 13.2 Å². The minimum absolute atomic E-state index is 0.0772. The maximum Gasteiger partial charge on any atom is 0.306 e. The first-order chi connectivity index (χ1) is 29.0. The summed E-state index contributed by atoms with van der Waals surface area (Å²) < 4.78 is 16.8. The van der Waals surface area contributed by atoms with E-state index in [4.69, 9.17) is 14.2 Å². The molecule has 0 N–H and O–H groups in total. The lowest BCUT2D eigenvalue weighted by molar-refractivity contribution is -0.167. The molecule has 0 aliphatic heterocycles. The topological polar surface area (TPSA) is 78.9 Å². The highest BCUT2D eigenvalue weighted by atomic mass is 16.6. The van der Waals surface area contributed by atoms with Crippen LogP contribution in [0.1, 0.15) is 265 Å². The Bertz CT molecular complexity index is 1000. The van der Waals surface area contributed by atoms with Gasteiger partial charge in [-0.15, -0.1) is 0 Å². The van der Waals surface area contributed by atoms with E-state index in [2.05, 4.69) is 57.2 Å². The molecule has 6 heteroatoms. The molecule has 0 fully saturated rings. The summed E-state index contributed by atoms with van der Waals surface area (Å²) in [5, 5.41) is 0. The lowest BCUT2D eigenvalue weighted by atomic mass is 10.1. The molecule has 0 amide bonds. The zero-order chi connectivity index (χ0) is 43.0. The average molecular weight is 829 g/mol. The van der Waals surface area contributed by atoms with Gasteiger partial charge in [-0.2, -0.15) is 0 Å². The highest BCUT2D eigenvalue weighted by Gasteiger charge is 2.19. The van der Waals surface area contributed by atoms with Gasteiger partial charge in [-0.1, -0.05) is 211 Å². The van der Waals surface area contributed by atoms with Crippen molar-refractivity contribution < 1.29 is 28.6 Å². The van der Waals surface area contributed by atoms with Crippen LogP contribution in [0.4, 0.5) is 0 Å². The summed E-state index contributed by atoms with van der Waals surface area (Å²) >= 11 is 0. The highest BCUT2D eigenvalue weighted by Crippen LogP contribution is 2.15. The Kier molecular flexibility index (Phi) is 46.4. The van der Waals surface area contributed by atoms with E-state index in [1.54, 1.807) is 0 Å². The Morgan fingerprint density at radius 3 is 0.983 bits per heavy atom. The smallest absolute Gasteiger partial charge is 0.306 e. The Hall–Kier alpha value is -2.37. The second kappa shape index (κ2) is 48.3. The molecule has 0 aliphatic rings. The van der Waals surface area contributed by atoms with Gasteiger partial charge in [0, 0.05) is 19.3 Å². The first kappa shape index (κ1) is 56.6. The molecule has 0 aromatic heterocycles. The molecule has 6 nitrogen and oxygen atoms in total. The lowest BCUT2D eigenvalue weighted by Crippen LogP contribution is -2.30. The van der Waals surface area contributed by atoms with E-state index < -0.39 is 6.10 Å². The second-order valence-corrected chi connectivity index (χ2v) is 17.1. The molecular formula is C53H96O6. The van der Waals surface area contributed by atoms with E-state index in [0.717, 1.165) is 70.6 Å². The molecule has 0 aromatic carbocycles. The van der Waals surface area contributed by atoms with Crippen molar-refractivity contribution >= 4 is 17.9 Å². The normalized spacial score (nSPS) is 12.3. The summed E-state index contributed by atoms with van der Waals surface area (Å²) in [5.41, 5.74) is 0. The predicted molar refractivity (Wildman–Crippen MR) is 252 cm³/mol. The van der Waals surface area contributed by atoms with Crippen LogP contribution in [0.2, 0.25) is 0 Å². The van der Waals surface area contributed by atoms with Gasteiger partial charge >= 0.3 is 17.9 Å². The van der Waals surface area contributed by atoms with Crippen LogP contribution in [0.25, 0.3) is 0 Å². The monoisotopic (exact) mass is 829 g/mol. The number of rotatable bonds is 46. The molecule has 1 unspecified atom stereocenters. The molecule has 0 heterocycles. The van der Waals surface area contributed by atoms with Crippen molar-refractivity contribution in [2.45, 2.75) is 271 Å². The summed E-state index contributed by atoms with van der Waals surface area (Å²) in [5.74, 6) is -0.891. The molecule has 1 atom stereocenters. The van der Waals surface area contributed by atoms with Crippen LogP contribution in [0.15, 0.2) is 36.5 Å². The average Bonchev–Trinajstić information content (AvgIpc) is 3.23. The summed E-state index contributed by atoms with van der Waals surface area (Å²) in [6.07, 6.45) is 55.5. The maximum atomic E-state index is 12.8. The Labute approximate surface area is 365 Å². The van der Waals surface area contributed by atoms with E-state index in [-0.39, 0.29) is 31.1 Å². The predicted octanol–water partition coefficient (Wildman–Crippen LogP) is 16.5. The first-order valence-electron chi connectivity index (χ1n) is 25.5. The summed E-state index contributed by atoms with van der Waals surface area (Å²) in [6, 6.07) is 0. The minimum Gasteiger partial charge on any atom is -0.462 e. The van der Waals surface area contributed by atoms with Gasteiger partial charge < -0.3 is 14.2 Å². The Morgan fingerprint density at radius 1 is 0.339 bits per heavy atom. The van der Waals surface area contributed by atoms with Crippen molar-refractivity contribution in [2.75, 3.05) is 13.2 Å². The number of ether oxygens (including phenoxy) is 3. The third-order valence-electron chi connectivity index (χ3n) is 11.1. The van der Waals surface area contributed by atoms with Crippen molar-refractivity contribution in [1.82, 2.24) is 0 Å². The molecule has 0 aliphatic carbocycles. The zero-order valence-corrected chi connectivity index (χ0v) is 39.3. The van der Waals surface area contributed by atoms with Crippen LogP contribution in [0, 0.1) is 0 Å². The standard InChI is InChI=1S/C53H96O6/c1-4-7-10-13-16-19-22-24-26-28-29-31-34-37-40-43-46-52(55)58-49-50(48-57-51(54)45-42-39-36-33-21-18-15-12-9-6-3)59-53(56)47-44-41-38-35-32-30-27-25-23-20-17-14-11-8-5-2/h17,20,23,25-26,28,50H,4-16,18-19,21-22,24,27,29-49H2,1-3H3/b20-17-,25-23-,28-26-. The third kappa shape index (κ3) is 46.5. The Balaban J connectivity index is 4.36. The number of carbonyl (C=O) groups is 3. The van der Waals surface area contributed by atoms with Gasteiger partial charge in [-0.05, 0) is 70.6 Å². The van der Waals surface area contributed by atoms with E-state index >= 15 is 0 Å². The molecular weight excluding hydrogens is 733 g/mol. The SMILES string of the molecule is CCCCC/C=C\C=C/CCCCCCCCC(=O)OC(COC(=O)CCCCCCC/C=C\CCCCCCCCC)COC(=O)CCCCCCCCCCCC. The van der Waals surface area contributed by atoms with Gasteiger partial charge in [0.25, 0.3) is 0 Å². The van der Waals surface area contributed by atoms with Crippen molar-refractivity contribution in [2.24, 2.45) is 0 Å². The highest BCUT2D eigenvalue weighted by molar-refractivity contribution is 5.71. The largest absolute Gasteiger partial charge is 0.462 e.